The molecule has 0 aliphatic carbocycles. The summed E-state index contributed by atoms with van der Waals surface area (Å²) in [5.74, 6) is -0.712. The second-order valence-corrected chi connectivity index (χ2v) is 5.15. The Labute approximate surface area is 109 Å². The minimum absolute atomic E-state index is 0.218. The molecule has 4 nitrogen and oxygen atoms in total. The Morgan fingerprint density at radius 2 is 1.95 bits per heavy atom. The molecule has 1 aromatic carbocycles. The monoisotopic (exact) mass is 263 g/mol. The van der Waals surface area contributed by atoms with Crippen LogP contribution in [0, 0.1) is 5.82 Å². The molecular weight excluding hydrogens is 249 g/mol. The van der Waals surface area contributed by atoms with Crippen LogP contribution in [-0.4, -0.2) is 22.5 Å². The van der Waals surface area contributed by atoms with Crippen LogP contribution >= 0.6 is 0 Å². The topological polar surface area (TPSA) is 48.3 Å². The minimum atomic E-state index is -0.769. The van der Waals surface area contributed by atoms with Gasteiger partial charge in [0.2, 0.25) is 0 Å². The number of para-hydroxylation sites is 1. The van der Waals surface area contributed by atoms with Gasteiger partial charge in [-0.2, -0.15) is 0 Å². The first-order valence-corrected chi connectivity index (χ1v) is 5.82. The van der Waals surface area contributed by atoms with Crippen molar-refractivity contribution in [2.24, 2.45) is 0 Å². The average molecular weight is 263 g/mol. The van der Waals surface area contributed by atoms with Crippen LogP contribution in [0.4, 0.5) is 9.18 Å². The molecule has 19 heavy (non-hydrogen) atoms. The summed E-state index contributed by atoms with van der Waals surface area (Å²) in [5, 5.41) is 0.218. The highest BCUT2D eigenvalue weighted by atomic mass is 19.1. The molecule has 0 bridgehead atoms. The van der Waals surface area contributed by atoms with Gasteiger partial charge in [-0.25, -0.2) is 13.8 Å². The number of carbonyl (C=O) groups is 2. The molecule has 0 unspecified atom stereocenters. The van der Waals surface area contributed by atoms with Crippen molar-refractivity contribution < 1.29 is 18.7 Å². The molecule has 0 fully saturated rings. The van der Waals surface area contributed by atoms with Crippen LogP contribution in [0.5, 0.6) is 0 Å². The molecule has 0 aliphatic heterocycles. The molecule has 0 aliphatic rings. The second kappa shape index (κ2) is 4.50. The van der Waals surface area contributed by atoms with Crippen LogP contribution in [0.1, 0.15) is 31.3 Å². The lowest BCUT2D eigenvalue weighted by Crippen LogP contribution is -2.28. The van der Waals surface area contributed by atoms with E-state index in [4.69, 9.17) is 4.74 Å². The number of nitrogens with zero attached hydrogens (tertiary/aromatic N) is 1. The zero-order chi connectivity index (χ0) is 14.2. The van der Waals surface area contributed by atoms with Crippen molar-refractivity contribution in [1.29, 1.82) is 0 Å². The number of aldehydes is 1. The molecule has 0 saturated heterocycles. The van der Waals surface area contributed by atoms with Gasteiger partial charge in [-0.15, -0.1) is 0 Å². The summed E-state index contributed by atoms with van der Waals surface area (Å²) in [6.45, 7) is 5.11. The highest BCUT2D eigenvalue weighted by Crippen LogP contribution is 2.24. The summed E-state index contributed by atoms with van der Waals surface area (Å²) in [7, 11) is 0. The zero-order valence-electron chi connectivity index (χ0n) is 10.9. The molecular formula is C14H14FNO3. The molecule has 0 spiro atoms. The summed E-state index contributed by atoms with van der Waals surface area (Å²) >= 11 is 0. The molecule has 2 aromatic rings. The fraction of sp³-hybridized carbons (Fsp3) is 0.286. The lowest BCUT2D eigenvalue weighted by molar-refractivity contribution is 0.0537. The molecule has 0 radical (unpaired) electrons. The Morgan fingerprint density at radius 1 is 1.32 bits per heavy atom. The fourth-order valence-corrected chi connectivity index (χ4v) is 1.83. The van der Waals surface area contributed by atoms with Crippen molar-refractivity contribution in [1.82, 2.24) is 4.57 Å². The highest BCUT2D eigenvalue weighted by Gasteiger charge is 2.25. The molecule has 1 heterocycles. The number of carbonyl (C=O) groups excluding carboxylic acids is 2. The number of hydrogen-bond donors (Lipinski definition) is 0. The Bertz CT molecular complexity index is 652. The molecule has 0 amide bonds. The molecule has 0 saturated carbocycles. The quantitative estimate of drug-likeness (QED) is 0.741. The molecule has 0 atom stereocenters. The van der Waals surface area contributed by atoms with E-state index < -0.39 is 17.5 Å². The lowest BCUT2D eigenvalue weighted by Gasteiger charge is -2.20. The van der Waals surface area contributed by atoms with E-state index in [2.05, 4.69) is 0 Å². The third-order valence-corrected chi connectivity index (χ3v) is 2.53. The first kappa shape index (κ1) is 13.3. The smallest absolute Gasteiger partial charge is 0.419 e. The maximum Gasteiger partial charge on any atom is 0.419 e. The van der Waals surface area contributed by atoms with Gasteiger partial charge in [0.15, 0.2) is 12.1 Å². The average Bonchev–Trinajstić information content (AvgIpc) is 2.60. The maximum atomic E-state index is 14.0. The van der Waals surface area contributed by atoms with E-state index in [1.807, 2.05) is 0 Å². The summed E-state index contributed by atoms with van der Waals surface area (Å²) in [6, 6.07) is 6.38. The van der Waals surface area contributed by atoms with Crippen LogP contribution in [-0.2, 0) is 4.74 Å². The zero-order valence-corrected chi connectivity index (χ0v) is 10.9. The van der Waals surface area contributed by atoms with Gasteiger partial charge in [0.05, 0.1) is 5.52 Å². The fourth-order valence-electron chi connectivity index (χ4n) is 1.83. The van der Waals surface area contributed by atoms with Gasteiger partial charge in [-0.3, -0.25) is 4.79 Å². The number of ether oxygens (including phenoxy) is 1. The summed E-state index contributed by atoms with van der Waals surface area (Å²) in [5.41, 5.74) is -0.731. The largest absolute Gasteiger partial charge is 0.443 e. The third kappa shape index (κ3) is 2.36. The van der Waals surface area contributed by atoms with E-state index in [-0.39, 0.29) is 11.1 Å². The Morgan fingerprint density at radius 3 is 2.53 bits per heavy atom. The number of fused-ring (bicyclic) bond motifs is 1. The van der Waals surface area contributed by atoms with Crippen molar-refractivity contribution in [2.75, 3.05) is 0 Å². The van der Waals surface area contributed by atoms with Crippen LogP contribution in [0.25, 0.3) is 10.9 Å². The van der Waals surface area contributed by atoms with Crippen LogP contribution in [0.15, 0.2) is 24.3 Å². The van der Waals surface area contributed by atoms with Gasteiger partial charge in [0.1, 0.15) is 11.3 Å². The third-order valence-electron chi connectivity index (χ3n) is 2.53. The molecule has 0 N–H and O–H groups in total. The Balaban J connectivity index is 2.65. The van der Waals surface area contributed by atoms with Gasteiger partial charge in [-0.1, -0.05) is 12.1 Å². The summed E-state index contributed by atoms with van der Waals surface area (Å²) in [4.78, 5) is 23.1. The van der Waals surface area contributed by atoms with Crippen molar-refractivity contribution in [3.8, 4) is 0 Å². The van der Waals surface area contributed by atoms with Gasteiger partial charge in [0.25, 0.3) is 0 Å². The summed E-state index contributed by atoms with van der Waals surface area (Å²) in [6.07, 6.45) is -0.450. The Kier molecular flexibility index (Phi) is 3.14. The first-order valence-electron chi connectivity index (χ1n) is 5.82. The van der Waals surface area contributed by atoms with Crippen LogP contribution in [0.2, 0.25) is 0 Å². The van der Waals surface area contributed by atoms with E-state index in [9.17, 15) is 14.0 Å². The normalized spacial score (nSPS) is 11.6. The van der Waals surface area contributed by atoms with Crippen molar-refractivity contribution >= 4 is 23.3 Å². The number of aromatic nitrogens is 1. The number of halogens is 1. The Hall–Kier alpha value is -2.17. The van der Waals surface area contributed by atoms with E-state index >= 15 is 0 Å². The molecule has 1 aromatic heterocycles. The number of hydrogen-bond acceptors (Lipinski definition) is 3. The van der Waals surface area contributed by atoms with E-state index in [1.165, 1.54) is 6.07 Å². The van der Waals surface area contributed by atoms with E-state index in [1.54, 1.807) is 39.0 Å². The van der Waals surface area contributed by atoms with Gasteiger partial charge in [0, 0.05) is 5.39 Å². The van der Waals surface area contributed by atoms with Crippen LogP contribution < -0.4 is 0 Å². The number of benzene rings is 1. The lowest BCUT2D eigenvalue weighted by atomic mass is 10.2. The number of rotatable bonds is 1. The van der Waals surface area contributed by atoms with Gasteiger partial charge < -0.3 is 4.74 Å². The van der Waals surface area contributed by atoms with Gasteiger partial charge >= 0.3 is 6.09 Å². The molecule has 5 heteroatoms. The first-order chi connectivity index (χ1) is 8.85. The van der Waals surface area contributed by atoms with Crippen molar-refractivity contribution in [3.05, 3.63) is 35.8 Å². The van der Waals surface area contributed by atoms with E-state index in [0.717, 1.165) is 4.57 Å². The SMILES string of the molecule is CC(C)(C)OC(=O)n1c(C=O)c(F)c2ccccc21. The highest BCUT2D eigenvalue weighted by molar-refractivity contribution is 5.97. The second-order valence-electron chi connectivity index (χ2n) is 5.15. The predicted molar refractivity (Wildman–Crippen MR) is 68.9 cm³/mol. The predicted octanol–water partition coefficient (Wildman–Crippen LogP) is 3.38. The standard InChI is InChI=1S/C14H14FNO3/c1-14(2,3)19-13(18)16-10-7-5-4-6-9(10)12(15)11(16)8-17/h4-8H,1-3H3. The minimum Gasteiger partial charge on any atom is -0.443 e. The van der Waals surface area contributed by atoms with E-state index in [0.29, 0.717) is 11.8 Å². The van der Waals surface area contributed by atoms with Crippen LogP contribution in [0.3, 0.4) is 0 Å². The van der Waals surface area contributed by atoms with Crippen molar-refractivity contribution in [2.45, 2.75) is 26.4 Å². The van der Waals surface area contributed by atoms with Gasteiger partial charge in [-0.05, 0) is 32.9 Å². The molecule has 2 rings (SSSR count). The van der Waals surface area contributed by atoms with Crippen molar-refractivity contribution in [3.63, 3.8) is 0 Å². The summed E-state index contributed by atoms with van der Waals surface area (Å²) < 4.78 is 20.2. The maximum absolute atomic E-state index is 14.0. The molecule has 100 valence electrons.